The van der Waals surface area contributed by atoms with Crippen LogP contribution in [0.1, 0.15) is 36.7 Å². The highest BCUT2D eigenvalue weighted by Gasteiger charge is 2.31. The summed E-state index contributed by atoms with van der Waals surface area (Å²) in [6.45, 7) is 2.19. The van der Waals surface area contributed by atoms with E-state index in [-0.39, 0.29) is 5.91 Å². The second-order valence-electron chi connectivity index (χ2n) is 4.56. The van der Waals surface area contributed by atoms with Crippen LogP contribution in [0.15, 0.2) is 21.2 Å². The van der Waals surface area contributed by atoms with Crippen molar-refractivity contribution < 1.29 is 9.21 Å². The van der Waals surface area contributed by atoms with Gasteiger partial charge in [0.15, 0.2) is 10.4 Å². The summed E-state index contributed by atoms with van der Waals surface area (Å²) in [5.41, 5.74) is 0. The topological polar surface area (TPSA) is 33.5 Å². The zero-order valence-electron chi connectivity index (χ0n) is 10.7. The number of furan rings is 1. The van der Waals surface area contributed by atoms with Crippen molar-refractivity contribution in [3.05, 3.63) is 22.6 Å². The van der Waals surface area contributed by atoms with Crippen molar-refractivity contribution in [3.63, 3.8) is 0 Å². The lowest BCUT2D eigenvalue weighted by Crippen LogP contribution is -2.35. The molecule has 0 N–H and O–H groups in total. The van der Waals surface area contributed by atoms with Crippen LogP contribution in [0.25, 0.3) is 0 Å². The number of rotatable bonds is 4. The number of hydrogen-bond donors (Lipinski definition) is 0. The molecular weight excluding hydrogens is 314 g/mol. The molecule has 1 aromatic heterocycles. The maximum absolute atomic E-state index is 12.2. The van der Waals surface area contributed by atoms with Crippen LogP contribution < -0.4 is 0 Å². The van der Waals surface area contributed by atoms with Gasteiger partial charge < -0.3 is 9.32 Å². The van der Waals surface area contributed by atoms with Gasteiger partial charge in [-0.25, -0.2) is 0 Å². The lowest BCUT2D eigenvalue weighted by Gasteiger charge is -2.23. The van der Waals surface area contributed by atoms with Crippen molar-refractivity contribution in [2.75, 3.05) is 12.8 Å². The molecule has 1 fully saturated rings. The van der Waals surface area contributed by atoms with Gasteiger partial charge in [-0.3, -0.25) is 4.79 Å². The molecule has 1 amide bonds. The molecule has 0 aliphatic heterocycles. The SMILES string of the molecule is CCS[C@@H]1CC[C@@H](N(C)C(=O)c2ccc(Br)o2)C1. The van der Waals surface area contributed by atoms with Crippen molar-refractivity contribution in [2.24, 2.45) is 0 Å². The van der Waals surface area contributed by atoms with Crippen LogP contribution in [0.4, 0.5) is 0 Å². The molecule has 1 aliphatic rings. The minimum Gasteiger partial charge on any atom is -0.444 e. The first-order chi connectivity index (χ1) is 8.61. The highest BCUT2D eigenvalue weighted by molar-refractivity contribution is 9.10. The molecule has 5 heteroatoms. The molecule has 2 atom stereocenters. The number of halogens is 1. The Morgan fingerprint density at radius 2 is 2.33 bits per heavy atom. The van der Waals surface area contributed by atoms with E-state index in [9.17, 15) is 4.79 Å². The fraction of sp³-hybridized carbons (Fsp3) is 0.615. The zero-order chi connectivity index (χ0) is 13.1. The molecule has 0 unspecified atom stereocenters. The summed E-state index contributed by atoms with van der Waals surface area (Å²) in [5.74, 6) is 1.55. The highest BCUT2D eigenvalue weighted by atomic mass is 79.9. The summed E-state index contributed by atoms with van der Waals surface area (Å²) in [4.78, 5) is 14.0. The summed E-state index contributed by atoms with van der Waals surface area (Å²) in [5, 5.41) is 0.707. The quantitative estimate of drug-likeness (QED) is 0.841. The van der Waals surface area contributed by atoms with Crippen LogP contribution in [-0.4, -0.2) is 34.9 Å². The van der Waals surface area contributed by atoms with E-state index in [1.165, 1.54) is 6.42 Å². The Morgan fingerprint density at radius 1 is 1.56 bits per heavy atom. The molecule has 0 radical (unpaired) electrons. The van der Waals surface area contributed by atoms with E-state index in [0.717, 1.165) is 18.6 Å². The molecule has 2 rings (SSSR count). The van der Waals surface area contributed by atoms with Gasteiger partial charge in [0.05, 0.1) is 0 Å². The van der Waals surface area contributed by atoms with Crippen LogP contribution in [0.3, 0.4) is 0 Å². The van der Waals surface area contributed by atoms with E-state index in [1.807, 2.05) is 23.7 Å². The molecule has 0 saturated heterocycles. The van der Waals surface area contributed by atoms with Gasteiger partial charge in [-0.15, -0.1) is 0 Å². The monoisotopic (exact) mass is 331 g/mol. The Kier molecular flexibility index (Phi) is 4.78. The normalized spacial score (nSPS) is 23.3. The first-order valence-corrected chi connectivity index (χ1v) is 8.10. The van der Waals surface area contributed by atoms with E-state index in [0.29, 0.717) is 21.7 Å². The summed E-state index contributed by atoms with van der Waals surface area (Å²) < 4.78 is 5.92. The predicted octanol–water partition coefficient (Wildman–Crippen LogP) is 3.79. The molecule has 1 saturated carbocycles. The number of thioether (sulfide) groups is 1. The van der Waals surface area contributed by atoms with E-state index in [1.54, 1.807) is 12.1 Å². The van der Waals surface area contributed by atoms with Gasteiger partial charge >= 0.3 is 0 Å². The first-order valence-electron chi connectivity index (χ1n) is 6.26. The molecular formula is C13H18BrNO2S. The van der Waals surface area contributed by atoms with Gasteiger partial charge in [-0.05, 0) is 53.1 Å². The Balaban J connectivity index is 1.95. The number of nitrogens with zero attached hydrogens (tertiary/aromatic N) is 1. The molecule has 0 bridgehead atoms. The van der Waals surface area contributed by atoms with Crippen molar-refractivity contribution in [1.82, 2.24) is 4.90 Å². The highest BCUT2D eigenvalue weighted by Crippen LogP contribution is 2.32. The third-order valence-electron chi connectivity index (χ3n) is 3.41. The van der Waals surface area contributed by atoms with Crippen LogP contribution >= 0.6 is 27.7 Å². The maximum Gasteiger partial charge on any atom is 0.289 e. The molecule has 3 nitrogen and oxygen atoms in total. The summed E-state index contributed by atoms with van der Waals surface area (Å²) >= 11 is 5.23. The molecule has 1 heterocycles. The van der Waals surface area contributed by atoms with E-state index in [4.69, 9.17) is 4.42 Å². The fourth-order valence-corrected chi connectivity index (χ4v) is 3.86. The largest absolute Gasteiger partial charge is 0.444 e. The average molecular weight is 332 g/mol. The number of carbonyl (C=O) groups is 1. The summed E-state index contributed by atoms with van der Waals surface area (Å²) in [6.07, 6.45) is 3.41. The van der Waals surface area contributed by atoms with Crippen LogP contribution in [0, 0.1) is 0 Å². The van der Waals surface area contributed by atoms with Crippen molar-refractivity contribution >= 4 is 33.6 Å². The number of amides is 1. The van der Waals surface area contributed by atoms with E-state index >= 15 is 0 Å². The lowest BCUT2D eigenvalue weighted by molar-refractivity contribution is 0.0702. The van der Waals surface area contributed by atoms with E-state index < -0.39 is 0 Å². The average Bonchev–Trinajstić information content (AvgIpc) is 2.97. The fourth-order valence-electron chi connectivity index (χ4n) is 2.43. The van der Waals surface area contributed by atoms with Crippen molar-refractivity contribution in [2.45, 2.75) is 37.5 Å². The van der Waals surface area contributed by atoms with Gasteiger partial charge in [-0.2, -0.15) is 11.8 Å². The Bertz CT molecular complexity index is 421. The summed E-state index contributed by atoms with van der Waals surface area (Å²) in [7, 11) is 1.88. The first kappa shape index (κ1) is 14.0. The van der Waals surface area contributed by atoms with Crippen LogP contribution in [0.2, 0.25) is 0 Å². The minimum absolute atomic E-state index is 0.0205. The Labute approximate surface area is 120 Å². The number of hydrogen-bond acceptors (Lipinski definition) is 3. The predicted molar refractivity (Wildman–Crippen MR) is 78.1 cm³/mol. The lowest BCUT2D eigenvalue weighted by atomic mass is 10.2. The Morgan fingerprint density at radius 3 is 2.94 bits per heavy atom. The van der Waals surface area contributed by atoms with Crippen LogP contribution in [0.5, 0.6) is 0 Å². The number of carbonyl (C=O) groups excluding carboxylic acids is 1. The standard InChI is InChI=1S/C13H18BrNO2S/c1-3-18-10-5-4-9(8-10)15(2)13(16)11-6-7-12(14)17-11/h6-7,9-10H,3-5,8H2,1-2H3/t9-,10-/m1/s1. The van der Waals surface area contributed by atoms with Gasteiger partial charge in [0.25, 0.3) is 5.91 Å². The second kappa shape index (κ2) is 6.15. The third kappa shape index (κ3) is 3.12. The summed E-state index contributed by atoms with van der Waals surface area (Å²) in [6, 6.07) is 3.83. The third-order valence-corrected chi connectivity index (χ3v) is 5.07. The smallest absolute Gasteiger partial charge is 0.289 e. The molecule has 1 aliphatic carbocycles. The maximum atomic E-state index is 12.2. The molecule has 18 heavy (non-hydrogen) atoms. The molecule has 1 aromatic rings. The van der Waals surface area contributed by atoms with E-state index in [2.05, 4.69) is 22.9 Å². The van der Waals surface area contributed by atoms with Crippen molar-refractivity contribution in [1.29, 1.82) is 0 Å². The van der Waals surface area contributed by atoms with Gasteiger partial charge in [0, 0.05) is 18.3 Å². The van der Waals surface area contributed by atoms with Gasteiger partial charge in [0.2, 0.25) is 0 Å². The minimum atomic E-state index is -0.0205. The van der Waals surface area contributed by atoms with Crippen molar-refractivity contribution in [3.8, 4) is 0 Å². The second-order valence-corrected chi connectivity index (χ2v) is 6.92. The molecule has 0 spiro atoms. The van der Waals surface area contributed by atoms with Gasteiger partial charge in [-0.1, -0.05) is 6.92 Å². The van der Waals surface area contributed by atoms with Crippen LogP contribution in [-0.2, 0) is 0 Å². The van der Waals surface area contributed by atoms with Gasteiger partial charge in [0.1, 0.15) is 0 Å². The zero-order valence-corrected chi connectivity index (χ0v) is 13.1. The Hall–Kier alpha value is -0.420. The molecule has 0 aromatic carbocycles. The molecule has 100 valence electrons.